The van der Waals surface area contributed by atoms with Crippen LogP contribution in [0.4, 0.5) is 8.78 Å². The average Bonchev–Trinajstić information content (AvgIpc) is 2.16. The van der Waals surface area contributed by atoms with Gasteiger partial charge in [0.2, 0.25) is 0 Å². The molecular weight excluding hydrogens is 186 g/mol. The topological polar surface area (TPSA) is 9.23 Å². The molecule has 0 unspecified atom stereocenters. The van der Waals surface area contributed by atoms with Crippen LogP contribution in [0.15, 0.2) is 18.2 Å². The summed E-state index contributed by atoms with van der Waals surface area (Å²) in [6, 6.07) is 4.94. The van der Waals surface area contributed by atoms with Gasteiger partial charge in [-0.1, -0.05) is 26.0 Å². The molecule has 0 aliphatic heterocycles. The van der Waals surface area contributed by atoms with Crippen LogP contribution in [0.5, 0.6) is 5.75 Å². The van der Waals surface area contributed by atoms with E-state index in [9.17, 15) is 8.78 Å². The summed E-state index contributed by atoms with van der Waals surface area (Å²) in [7, 11) is 0. The second-order valence-corrected chi connectivity index (χ2v) is 3.35. The molecule has 1 aromatic rings. The van der Waals surface area contributed by atoms with Gasteiger partial charge in [0.1, 0.15) is 13.3 Å². The van der Waals surface area contributed by atoms with Crippen molar-refractivity contribution in [2.24, 2.45) is 0 Å². The van der Waals surface area contributed by atoms with Crippen molar-refractivity contribution in [1.29, 1.82) is 0 Å². The summed E-state index contributed by atoms with van der Waals surface area (Å²) in [4.78, 5) is 0. The fraction of sp³-hybridized carbons (Fsp3) is 0.455. The van der Waals surface area contributed by atoms with Gasteiger partial charge in [-0.05, 0) is 17.5 Å². The molecule has 0 saturated carbocycles. The van der Waals surface area contributed by atoms with Crippen LogP contribution in [0.1, 0.15) is 25.3 Å². The summed E-state index contributed by atoms with van der Waals surface area (Å²) in [5.74, 6) is -0.145. The van der Waals surface area contributed by atoms with Crippen molar-refractivity contribution in [2.75, 3.05) is 13.3 Å². The first-order valence-corrected chi connectivity index (χ1v) is 4.64. The minimum absolute atomic E-state index is 0.0987. The average molecular weight is 200 g/mol. The van der Waals surface area contributed by atoms with E-state index in [2.05, 4.69) is 0 Å². The zero-order valence-electron chi connectivity index (χ0n) is 8.39. The molecule has 0 amide bonds. The van der Waals surface area contributed by atoms with Crippen molar-refractivity contribution in [3.8, 4) is 5.75 Å². The monoisotopic (exact) mass is 200 g/mol. The van der Waals surface area contributed by atoms with Crippen LogP contribution < -0.4 is 4.74 Å². The summed E-state index contributed by atoms with van der Waals surface area (Å²) in [5, 5.41) is 0. The van der Waals surface area contributed by atoms with E-state index < -0.39 is 6.67 Å². The van der Waals surface area contributed by atoms with Crippen LogP contribution in [-0.2, 0) is 0 Å². The number of hydrogen-bond acceptors (Lipinski definition) is 1. The van der Waals surface area contributed by atoms with Crippen LogP contribution in [0.3, 0.4) is 0 Å². The lowest BCUT2D eigenvalue weighted by Crippen LogP contribution is -2.03. The quantitative estimate of drug-likeness (QED) is 0.724. The number of benzene rings is 1. The number of hydrogen-bond donors (Lipinski definition) is 0. The number of alkyl halides is 1. The Balaban J connectivity index is 2.89. The Morgan fingerprint density at radius 3 is 2.64 bits per heavy atom. The maximum Gasteiger partial charge on any atom is 0.168 e. The molecule has 0 N–H and O–H groups in total. The Hall–Kier alpha value is -1.12. The van der Waals surface area contributed by atoms with Crippen LogP contribution in [0, 0.1) is 5.82 Å². The number of rotatable bonds is 4. The first-order valence-electron chi connectivity index (χ1n) is 4.64. The van der Waals surface area contributed by atoms with E-state index in [0.29, 0.717) is 5.56 Å². The molecule has 0 radical (unpaired) electrons. The van der Waals surface area contributed by atoms with E-state index in [0.717, 1.165) is 0 Å². The van der Waals surface area contributed by atoms with E-state index in [-0.39, 0.29) is 24.1 Å². The van der Waals surface area contributed by atoms with E-state index in [1.54, 1.807) is 12.1 Å². The molecule has 1 nitrogen and oxygen atoms in total. The molecule has 0 heterocycles. The molecule has 3 heteroatoms. The Kier molecular flexibility index (Phi) is 3.86. The molecule has 0 atom stereocenters. The predicted molar refractivity (Wildman–Crippen MR) is 52.0 cm³/mol. The normalized spacial score (nSPS) is 10.6. The van der Waals surface area contributed by atoms with Crippen LogP contribution in [-0.4, -0.2) is 13.3 Å². The van der Waals surface area contributed by atoms with Gasteiger partial charge < -0.3 is 4.74 Å². The van der Waals surface area contributed by atoms with Crippen LogP contribution in [0.25, 0.3) is 0 Å². The molecule has 14 heavy (non-hydrogen) atoms. The predicted octanol–water partition coefficient (Wildman–Crippen LogP) is 3.30. The van der Waals surface area contributed by atoms with Gasteiger partial charge in [0.05, 0.1) is 0 Å². The standard InChI is InChI=1S/C11H14F2O/c1-8(2)9-4-3-5-10(11(9)13)14-7-6-12/h3-5,8H,6-7H2,1-2H3. The molecule has 1 rings (SSSR count). The first kappa shape index (κ1) is 11.0. The molecule has 0 bridgehead atoms. The van der Waals surface area contributed by atoms with Crippen molar-refractivity contribution in [2.45, 2.75) is 19.8 Å². The van der Waals surface area contributed by atoms with Crippen molar-refractivity contribution in [3.05, 3.63) is 29.6 Å². The minimum atomic E-state index is -0.606. The Morgan fingerprint density at radius 1 is 1.36 bits per heavy atom. The molecule has 0 fully saturated rings. The van der Waals surface area contributed by atoms with Gasteiger partial charge in [-0.3, -0.25) is 0 Å². The van der Waals surface area contributed by atoms with E-state index in [4.69, 9.17) is 4.74 Å². The second kappa shape index (κ2) is 4.94. The molecule has 0 aromatic heterocycles. The molecule has 1 aromatic carbocycles. The van der Waals surface area contributed by atoms with Crippen molar-refractivity contribution >= 4 is 0 Å². The van der Waals surface area contributed by atoms with Crippen LogP contribution in [0.2, 0.25) is 0 Å². The van der Waals surface area contributed by atoms with E-state index in [1.807, 2.05) is 13.8 Å². The molecule has 0 spiro atoms. The summed E-state index contributed by atoms with van der Waals surface area (Å²) < 4.78 is 30.3. The van der Waals surface area contributed by atoms with Crippen molar-refractivity contribution in [3.63, 3.8) is 0 Å². The summed E-state index contributed by atoms with van der Waals surface area (Å²) in [6.07, 6.45) is 0. The van der Waals surface area contributed by atoms with Crippen molar-refractivity contribution in [1.82, 2.24) is 0 Å². The Morgan fingerprint density at radius 2 is 2.07 bits per heavy atom. The highest BCUT2D eigenvalue weighted by Crippen LogP contribution is 2.25. The Bertz CT molecular complexity index is 297. The largest absolute Gasteiger partial charge is 0.488 e. The fourth-order valence-corrected chi connectivity index (χ4v) is 1.23. The highest BCUT2D eigenvalue weighted by molar-refractivity contribution is 5.32. The van der Waals surface area contributed by atoms with E-state index >= 15 is 0 Å². The SMILES string of the molecule is CC(C)c1cccc(OCCF)c1F. The third-order valence-electron chi connectivity index (χ3n) is 1.95. The van der Waals surface area contributed by atoms with Gasteiger partial charge in [0.25, 0.3) is 0 Å². The molecule has 0 saturated heterocycles. The fourth-order valence-electron chi connectivity index (χ4n) is 1.23. The third kappa shape index (κ3) is 2.44. The van der Waals surface area contributed by atoms with Crippen molar-refractivity contribution < 1.29 is 13.5 Å². The van der Waals surface area contributed by atoms with Gasteiger partial charge in [-0.25, -0.2) is 8.78 Å². The summed E-state index contributed by atoms with van der Waals surface area (Å²) in [6.45, 7) is 3.10. The molecule has 0 aliphatic rings. The number of halogens is 2. The van der Waals surface area contributed by atoms with Gasteiger partial charge in [-0.15, -0.1) is 0 Å². The zero-order chi connectivity index (χ0) is 10.6. The van der Waals surface area contributed by atoms with Gasteiger partial charge >= 0.3 is 0 Å². The van der Waals surface area contributed by atoms with Gasteiger partial charge in [0.15, 0.2) is 11.6 Å². The maximum atomic E-state index is 13.6. The van der Waals surface area contributed by atoms with Gasteiger partial charge in [0, 0.05) is 0 Å². The van der Waals surface area contributed by atoms with Gasteiger partial charge in [-0.2, -0.15) is 0 Å². The zero-order valence-corrected chi connectivity index (χ0v) is 8.39. The first-order chi connectivity index (χ1) is 6.66. The highest BCUT2D eigenvalue weighted by Gasteiger charge is 2.11. The molecule has 0 aliphatic carbocycles. The lowest BCUT2D eigenvalue weighted by molar-refractivity contribution is 0.261. The minimum Gasteiger partial charge on any atom is -0.488 e. The summed E-state index contributed by atoms with van der Waals surface area (Å²) in [5.41, 5.74) is 0.598. The molecular formula is C11H14F2O. The maximum absolute atomic E-state index is 13.6. The Labute approximate surface area is 82.7 Å². The smallest absolute Gasteiger partial charge is 0.168 e. The number of ether oxygens (including phenoxy) is 1. The highest BCUT2D eigenvalue weighted by atomic mass is 19.1. The van der Waals surface area contributed by atoms with Crippen LogP contribution >= 0.6 is 0 Å². The second-order valence-electron chi connectivity index (χ2n) is 3.35. The lowest BCUT2D eigenvalue weighted by Gasteiger charge is -2.11. The molecule has 78 valence electrons. The summed E-state index contributed by atoms with van der Waals surface area (Å²) >= 11 is 0. The lowest BCUT2D eigenvalue weighted by atomic mass is 10.0. The van der Waals surface area contributed by atoms with E-state index in [1.165, 1.54) is 6.07 Å². The third-order valence-corrected chi connectivity index (χ3v) is 1.95.